The average Bonchev–Trinajstić information content (AvgIpc) is 3.29. The minimum Gasteiger partial charge on any atom is -0.484 e. The van der Waals surface area contributed by atoms with E-state index in [2.05, 4.69) is 17.1 Å². The van der Waals surface area contributed by atoms with Gasteiger partial charge in [-0.25, -0.2) is 0 Å². The summed E-state index contributed by atoms with van der Waals surface area (Å²) in [6.45, 7) is 3.69. The van der Waals surface area contributed by atoms with Crippen molar-refractivity contribution in [2.75, 3.05) is 13.1 Å². The summed E-state index contributed by atoms with van der Waals surface area (Å²) >= 11 is 0. The Kier molecular flexibility index (Phi) is 6.42. The summed E-state index contributed by atoms with van der Waals surface area (Å²) in [5.74, 6) is 1.94. The van der Waals surface area contributed by atoms with Gasteiger partial charge in [-0.2, -0.15) is 0 Å². The highest BCUT2D eigenvalue weighted by atomic mass is 16.5. The molecule has 2 heterocycles. The molecule has 0 N–H and O–H groups in total. The number of likely N-dealkylation sites (tertiary alicyclic amines) is 1. The van der Waals surface area contributed by atoms with Gasteiger partial charge < -0.3 is 14.1 Å². The average molecular weight is 405 g/mol. The Hall–Kier alpha value is -3.15. The lowest BCUT2D eigenvalue weighted by atomic mass is 9.92. The zero-order valence-corrected chi connectivity index (χ0v) is 17.2. The lowest BCUT2D eigenvalue weighted by Gasteiger charge is -2.33. The maximum atomic E-state index is 13.2. The number of hydrogen-bond donors (Lipinski definition) is 0. The highest BCUT2D eigenvalue weighted by molar-refractivity contribution is 5.83. The predicted octanol–water partition coefficient (Wildman–Crippen LogP) is 4.55. The Morgan fingerprint density at radius 3 is 2.60 bits per heavy atom. The van der Waals surface area contributed by atoms with E-state index >= 15 is 0 Å². The number of hydrogen-bond acceptors (Lipinski definition) is 5. The third-order valence-electron chi connectivity index (χ3n) is 5.58. The van der Waals surface area contributed by atoms with Crippen molar-refractivity contribution in [1.82, 2.24) is 15.1 Å². The molecule has 3 aromatic rings. The standard InChI is InChI=1S/C24H27N3O3/c1-2-21(18-10-5-3-6-11-18)24(28)27-15-9-12-19(16-27)23-26-25-22(30-23)17-29-20-13-7-4-8-14-20/h3-8,10-11,13-14,19,21H,2,9,12,15-17H2,1H3. The van der Waals surface area contributed by atoms with Crippen molar-refractivity contribution >= 4 is 5.91 Å². The molecular weight excluding hydrogens is 378 g/mol. The molecule has 4 rings (SSSR count). The molecule has 0 saturated carbocycles. The van der Waals surface area contributed by atoms with Crippen LogP contribution < -0.4 is 4.74 Å². The molecule has 6 heteroatoms. The molecule has 2 atom stereocenters. The van der Waals surface area contributed by atoms with E-state index < -0.39 is 0 Å². The number of aromatic nitrogens is 2. The van der Waals surface area contributed by atoms with Gasteiger partial charge in [0.2, 0.25) is 11.8 Å². The Morgan fingerprint density at radius 1 is 1.13 bits per heavy atom. The van der Waals surface area contributed by atoms with Gasteiger partial charge >= 0.3 is 0 Å². The molecule has 0 bridgehead atoms. The lowest BCUT2D eigenvalue weighted by molar-refractivity contribution is -0.134. The second kappa shape index (κ2) is 9.57. The van der Waals surface area contributed by atoms with E-state index in [4.69, 9.17) is 9.15 Å². The molecule has 0 spiro atoms. The van der Waals surface area contributed by atoms with Crippen LogP contribution in [0.3, 0.4) is 0 Å². The number of rotatable bonds is 7. The Bertz CT molecular complexity index is 943. The van der Waals surface area contributed by atoms with Crippen LogP contribution in [0.15, 0.2) is 65.1 Å². The van der Waals surface area contributed by atoms with Gasteiger partial charge in [0.1, 0.15) is 5.75 Å². The molecule has 1 aromatic heterocycles. The molecule has 6 nitrogen and oxygen atoms in total. The topological polar surface area (TPSA) is 68.5 Å². The van der Waals surface area contributed by atoms with Crippen LogP contribution in [-0.4, -0.2) is 34.1 Å². The van der Waals surface area contributed by atoms with Crippen LogP contribution in [0.1, 0.15) is 55.4 Å². The highest BCUT2D eigenvalue weighted by Gasteiger charge is 2.31. The van der Waals surface area contributed by atoms with E-state index in [1.54, 1.807) is 0 Å². The number of para-hydroxylation sites is 1. The van der Waals surface area contributed by atoms with Crippen LogP contribution in [0.5, 0.6) is 5.75 Å². The molecule has 1 aliphatic heterocycles. The number of amides is 1. The number of carbonyl (C=O) groups excluding carboxylic acids is 1. The first-order valence-corrected chi connectivity index (χ1v) is 10.6. The molecule has 1 saturated heterocycles. The van der Waals surface area contributed by atoms with Gasteiger partial charge in [0, 0.05) is 13.1 Å². The summed E-state index contributed by atoms with van der Waals surface area (Å²) in [5.41, 5.74) is 1.07. The van der Waals surface area contributed by atoms with Gasteiger partial charge in [0.05, 0.1) is 11.8 Å². The molecule has 2 aromatic carbocycles. The third-order valence-corrected chi connectivity index (χ3v) is 5.58. The fraction of sp³-hybridized carbons (Fsp3) is 0.375. The quantitative estimate of drug-likeness (QED) is 0.577. The van der Waals surface area contributed by atoms with Gasteiger partial charge in [-0.3, -0.25) is 4.79 Å². The van der Waals surface area contributed by atoms with Crippen LogP contribution in [0.4, 0.5) is 0 Å². The van der Waals surface area contributed by atoms with Crippen LogP contribution in [0.2, 0.25) is 0 Å². The van der Waals surface area contributed by atoms with Crippen molar-refractivity contribution in [2.45, 2.75) is 44.6 Å². The van der Waals surface area contributed by atoms with Crippen LogP contribution in [0, 0.1) is 0 Å². The van der Waals surface area contributed by atoms with E-state index in [-0.39, 0.29) is 24.3 Å². The first-order chi connectivity index (χ1) is 14.7. The van der Waals surface area contributed by atoms with Gasteiger partial charge in [-0.05, 0) is 37.0 Å². The second-order valence-corrected chi connectivity index (χ2v) is 7.63. The molecule has 156 valence electrons. The van der Waals surface area contributed by atoms with Crippen LogP contribution in [-0.2, 0) is 11.4 Å². The maximum Gasteiger partial charge on any atom is 0.253 e. The van der Waals surface area contributed by atoms with Crippen LogP contribution in [0.25, 0.3) is 0 Å². The number of benzene rings is 2. The minimum atomic E-state index is -0.109. The van der Waals surface area contributed by atoms with Crippen molar-refractivity contribution < 1.29 is 13.9 Å². The Morgan fingerprint density at radius 2 is 1.87 bits per heavy atom. The Balaban J connectivity index is 1.39. The molecule has 30 heavy (non-hydrogen) atoms. The van der Waals surface area contributed by atoms with Crippen molar-refractivity contribution in [1.29, 1.82) is 0 Å². The predicted molar refractivity (Wildman–Crippen MR) is 113 cm³/mol. The summed E-state index contributed by atoms with van der Waals surface area (Å²) < 4.78 is 11.5. The van der Waals surface area contributed by atoms with Gasteiger partial charge in [-0.1, -0.05) is 55.5 Å². The second-order valence-electron chi connectivity index (χ2n) is 7.63. The summed E-state index contributed by atoms with van der Waals surface area (Å²) in [5, 5.41) is 8.36. The van der Waals surface area contributed by atoms with E-state index in [1.165, 1.54) is 0 Å². The summed E-state index contributed by atoms with van der Waals surface area (Å²) in [6.07, 6.45) is 2.65. The molecular formula is C24H27N3O3. The number of nitrogens with zero attached hydrogens (tertiary/aromatic N) is 3. The minimum absolute atomic E-state index is 0.0638. The molecule has 1 fully saturated rings. The number of carbonyl (C=O) groups is 1. The van der Waals surface area contributed by atoms with E-state index in [1.807, 2.05) is 65.6 Å². The molecule has 1 aliphatic rings. The lowest BCUT2D eigenvalue weighted by Crippen LogP contribution is -2.41. The number of piperidine rings is 1. The van der Waals surface area contributed by atoms with Crippen molar-refractivity contribution in [3.63, 3.8) is 0 Å². The van der Waals surface area contributed by atoms with Crippen molar-refractivity contribution in [2.24, 2.45) is 0 Å². The van der Waals surface area contributed by atoms with Crippen LogP contribution >= 0.6 is 0 Å². The van der Waals surface area contributed by atoms with Gasteiger partial charge in [-0.15, -0.1) is 10.2 Å². The van der Waals surface area contributed by atoms with Crippen molar-refractivity contribution in [3.8, 4) is 5.75 Å². The SMILES string of the molecule is CCC(C(=O)N1CCCC(c2nnc(COc3ccccc3)o2)C1)c1ccccc1. The fourth-order valence-corrected chi connectivity index (χ4v) is 3.99. The summed E-state index contributed by atoms with van der Waals surface area (Å²) in [6, 6.07) is 19.6. The maximum absolute atomic E-state index is 13.2. The summed E-state index contributed by atoms with van der Waals surface area (Å²) in [7, 11) is 0. The normalized spacial score (nSPS) is 17.5. The molecule has 0 radical (unpaired) electrons. The highest BCUT2D eigenvalue weighted by Crippen LogP contribution is 2.30. The molecule has 2 unspecified atom stereocenters. The zero-order chi connectivity index (χ0) is 20.8. The monoisotopic (exact) mass is 405 g/mol. The first-order valence-electron chi connectivity index (χ1n) is 10.6. The summed E-state index contributed by atoms with van der Waals surface area (Å²) in [4.78, 5) is 15.2. The zero-order valence-electron chi connectivity index (χ0n) is 17.2. The number of ether oxygens (including phenoxy) is 1. The van der Waals surface area contributed by atoms with Crippen molar-refractivity contribution in [3.05, 3.63) is 78.0 Å². The first kappa shape index (κ1) is 20.1. The largest absolute Gasteiger partial charge is 0.484 e. The van der Waals surface area contributed by atoms with E-state index in [0.29, 0.717) is 18.3 Å². The van der Waals surface area contributed by atoms with E-state index in [0.717, 1.165) is 37.1 Å². The third kappa shape index (κ3) is 4.70. The van der Waals surface area contributed by atoms with E-state index in [9.17, 15) is 4.79 Å². The fourth-order valence-electron chi connectivity index (χ4n) is 3.99. The van der Waals surface area contributed by atoms with Gasteiger partial charge in [0.25, 0.3) is 5.89 Å². The molecule has 0 aliphatic carbocycles. The smallest absolute Gasteiger partial charge is 0.253 e. The molecule has 1 amide bonds. The van der Waals surface area contributed by atoms with Gasteiger partial charge in [0.15, 0.2) is 6.61 Å². The Labute approximate surface area is 176 Å².